The Bertz CT molecular complexity index is 1040. The Morgan fingerprint density at radius 2 is 1.31 bits per heavy atom. The van der Waals surface area contributed by atoms with Crippen LogP contribution in [-0.2, 0) is 13.1 Å². The highest BCUT2D eigenvalue weighted by Gasteiger charge is 2.34. The summed E-state index contributed by atoms with van der Waals surface area (Å²) in [6.07, 6.45) is 0. The van der Waals surface area contributed by atoms with E-state index in [4.69, 9.17) is 0 Å². The third-order valence-corrected chi connectivity index (χ3v) is 5.03. The van der Waals surface area contributed by atoms with Crippen LogP contribution in [0.4, 0.5) is 0 Å². The van der Waals surface area contributed by atoms with E-state index in [1.165, 1.54) is 4.90 Å². The zero-order valence-electron chi connectivity index (χ0n) is 16.0. The van der Waals surface area contributed by atoms with Crippen molar-refractivity contribution in [1.82, 2.24) is 9.80 Å². The van der Waals surface area contributed by atoms with Crippen LogP contribution < -0.4 is 0 Å². The lowest BCUT2D eigenvalue weighted by Crippen LogP contribution is -2.29. The lowest BCUT2D eigenvalue weighted by Gasteiger charge is -2.18. The molecule has 3 aromatic rings. The second-order valence-corrected chi connectivity index (χ2v) is 7.09. The van der Waals surface area contributed by atoms with Gasteiger partial charge in [0.2, 0.25) is 0 Å². The molecule has 3 aromatic carbocycles. The molecule has 29 heavy (non-hydrogen) atoms. The number of nitrogens with zero attached hydrogens (tertiary/aromatic N) is 2. The highest BCUT2D eigenvalue weighted by molar-refractivity contribution is 6.21. The fourth-order valence-electron chi connectivity index (χ4n) is 3.47. The summed E-state index contributed by atoms with van der Waals surface area (Å²) in [4.78, 5) is 40.6. The third kappa shape index (κ3) is 3.67. The Morgan fingerprint density at radius 3 is 1.90 bits per heavy atom. The monoisotopic (exact) mass is 384 g/mol. The van der Waals surface area contributed by atoms with Gasteiger partial charge in [0, 0.05) is 19.2 Å². The molecule has 0 unspecified atom stereocenters. The van der Waals surface area contributed by atoms with Crippen LogP contribution in [0.2, 0.25) is 0 Å². The average molecular weight is 384 g/mol. The smallest absolute Gasteiger partial charge is 0.261 e. The van der Waals surface area contributed by atoms with Gasteiger partial charge in [0.15, 0.2) is 0 Å². The molecule has 0 saturated heterocycles. The van der Waals surface area contributed by atoms with Gasteiger partial charge in [-0.3, -0.25) is 19.3 Å². The molecule has 1 aliphatic heterocycles. The molecular weight excluding hydrogens is 364 g/mol. The maximum atomic E-state index is 12.7. The highest BCUT2D eigenvalue weighted by Crippen LogP contribution is 2.24. The number of imide groups is 1. The molecule has 0 saturated carbocycles. The summed E-state index contributed by atoms with van der Waals surface area (Å²) >= 11 is 0. The van der Waals surface area contributed by atoms with Gasteiger partial charge in [-0.05, 0) is 35.4 Å². The molecule has 0 spiro atoms. The van der Waals surface area contributed by atoms with Crippen LogP contribution in [0.5, 0.6) is 0 Å². The van der Waals surface area contributed by atoms with Crippen LogP contribution >= 0.6 is 0 Å². The first-order chi connectivity index (χ1) is 14.0. The van der Waals surface area contributed by atoms with E-state index >= 15 is 0 Å². The number of carbonyl (C=O) groups excluding carboxylic acids is 3. The van der Waals surface area contributed by atoms with Crippen molar-refractivity contribution >= 4 is 17.7 Å². The molecule has 0 aromatic heterocycles. The van der Waals surface area contributed by atoms with Gasteiger partial charge in [0.05, 0.1) is 17.7 Å². The highest BCUT2D eigenvalue weighted by atomic mass is 16.2. The molecule has 144 valence electrons. The van der Waals surface area contributed by atoms with E-state index in [9.17, 15) is 14.4 Å². The SMILES string of the molecule is CN(Cc1ccccc1)C(=O)c1ccc(CN2C(=O)c3ccccc3C2=O)cc1. The Hall–Kier alpha value is -3.73. The summed E-state index contributed by atoms with van der Waals surface area (Å²) in [7, 11) is 1.77. The third-order valence-electron chi connectivity index (χ3n) is 5.03. The van der Waals surface area contributed by atoms with Crippen molar-refractivity contribution in [1.29, 1.82) is 0 Å². The number of carbonyl (C=O) groups is 3. The molecule has 0 aliphatic carbocycles. The molecule has 5 heteroatoms. The Morgan fingerprint density at radius 1 is 0.759 bits per heavy atom. The number of rotatable bonds is 5. The Labute approximate surface area is 169 Å². The van der Waals surface area contributed by atoms with Crippen molar-refractivity contribution in [3.63, 3.8) is 0 Å². The number of benzene rings is 3. The summed E-state index contributed by atoms with van der Waals surface area (Å²) in [5, 5.41) is 0. The van der Waals surface area contributed by atoms with Crippen molar-refractivity contribution in [3.8, 4) is 0 Å². The zero-order valence-corrected chi connectivity index (χ0v) is 16.0. The first-order valence-corrected chi connectivity index (χ1v) is 9.38. The quantitative estimate of drug-likeness (QED) is 0.630. The Balaban J connectivity index is 1.44. The van der Waals surface area contributed by atoms with Crippen LogP contribution in [0.1, 0.15) is 42.2 Å². The molecule has 0 radical (unpaired) electrons. The van der Waals surface area contributed by atoms with Gasteiger partial charge in [-0.2, -0.15) is 0 Å². The predicted molar refractivity (Wildman–Crippen MR) is 109 cm³/mol. The van der Waals surface area contributed by atoms with Gasteiger partial charge in [0.25, 0.3) is 17.7 Å². The maximum Gasteiger partial charge on any atom is 0.261 e. The lowest BCUT2D eigenvalue weighted by atomic mass is 10.1. The molecule has 4 rings (SSSR count). The summed E-state index contributed by atoms with van der Waals surface area (Å²) in [5.74, 6) is -0.650. The molecule has 0 atom stereocenters. The van der Waals surface area contributed by atoms with Crippen LogP contribution in [0, 0.1) is 0 Å². The van der Waals surface area contributed by atoms with Gasteiger partial charge in [0.1, 0.15) is 0 Å². The van der Waals surface area contributed by atoms with Crippen LogP contribution in [-0.4, -0.2) is 34.6 Å². The van der Waals surface area contributed by atoms with E-state index in [1.54, 1.807) is 60.5 Å². The normalized spacial score (nSPS) is 12.8. The van der Waals surface area contributed by atoms with Crippen LogP contribution in [0.3, 0.4) is 0 Å². The van der Waals surface area contributed by atoms with Crippen molar-refractivity contribution in [3.05, 3.63) is 107 Å². The van der Waals surface area contributed by atoms with Crippen molar-refractivity contribution < 1.29 is 14.4 Å². The molecule has 1 heterocycles. The molecule has 3 amide bonds. The molecular formula is C24H20N2O3. The summed E-state index contributed by atoms with van der Waals surface area (Å²) in [5.41, 5.74) is 3.29. The van der Waals surface area contributed by atoms with E-state index in [2.05, 4.69) is 0 Å². The first kappa shape index (κ1) is 18.6. The fourth-order valence-corrected chi connectivity index (χ4v) is 3.47. The van der Waals surface area contributed by atoms with E-state index < -0.39 is 0 Å². The number of fused-ring (bicyclic) bond motifs is 1. The minimum absolute atomic E-state index is 0.0823. The maximum absolute atomic E-state index is 12.7. The van der Waals surface area contributed by atoms with Gasteiger partial charge >= 0.3 is 0 Å². The topological polar surface area (TPSA) is 57.7 Å². The summed E-state index contributed by atoms with van der Waals surface area (Å²) in [6, 6.07) is 23.7. The zero-order chi connectivity index (χ0) is 20.4. The van der Waals surface area contributed by atoms with Crippen LogP contribution in [0.15, 0.2) is 78.9 Å². The van der Waals surface area contributed by atoms with Crippen LogP contribution in [0.25, 0.3) is 0 Å². The van der Waals surface area contributed by atoms with E-state index in [0.717, 1.165) is 11.1 Å². The minimum atomic E-state index is -0.284. The average Bonchev–Trinajstić information content (AvgIpc) is 2.99. The van der Waals surface area contributed by atoms with Crippen molar-refractivity contribution in [2.24, 2.45) is 0 Å². The summed E-state index contributed by atoms with van der Waals surface area (Å²) in [6.45, 7) is 0.705. The molecule has 0 fully saturated rings. The number of hydrogen-bond donors (Lipinski definition) is 0. The molecule has 0 N–H and O–H groups in total. The molecule has 0 bridgehead atoms. The summed E-state index contributed by atoms with van der Waals surface area (Å²) < 4.78 is 0. The standard InChI is InChI=1S/C24H20N2O3/c1-25(15-17-7-3-2-4-8-17)22(27)19-13-11-18(12-14-19)16-26-23(28)20-9-5-6-10-21(20)24(26)29/h2-14H,15-16H2,1H3. The van der Waals surface area contributed by atoms with Gasteiger partial charge < -0.3 is 4.90 Å². The van der Waals surface area contributed by atoms with Gasteiger partial charge in [-0.15, -0.1) is 0 Å². The molecule has 1 aliphatic rings. The van der Waals surface area contributed by atoms with E-state index in [1.807, 2.05) is 30.3 Å². The van der Waals surface area contributed by atoms with Gasteiger partial charge in [-0.1, -0.05) is 54.6 Å². The second kappa shape index (κ2) is 7.72. The lowest BCUT2D eigenvalue weighted by molar-refractivity contribution is 0.0641. The number of amides is 3. The van der Waals surface area contributed by atoms with Crippen molar-refractivity contribution in [2.45, 2.75) is 13.1 Å². The van der Waals surface area contributed by atoms with E-state index in [0.29, 0.717) is 23.2 Å². The van der Waals surface area contributed by atoms with Crippen molar-refractivity contribution in [2.75, 3.05) is 7.05 Å². The molecule has 5 nitrogen and oxygen atoms in total. The Kier molecular flexibility index (Phi) is 4.96. The van der Waals surface area contributed by atoms with E-state index in [-0.39, 0.29) is 24.3 Å². The fraction of sp³-hybridized carbons (Fsp3) is 0.125. The number of hydrogen-bond acceptors (Lipinski definition) is 3. The first-order valence-electron chi connectivity index (χ1n) is 9.38. The largest absolute Gasteiger partial charge is 0.337 e. The second-order valence-electron chi connectivity index (χ2n) is 7.09. The van der Waals surface area contributed by atoms with Gasteiger partial charge in [-0.25, -0.2) is 0 Å². The predicted octanol–water partition coefficient (Wildman–Crippen LogP) is 3.76. The minimum Gasteiger partial charge on any atom is -0.337 e.